The molecule has 160 valence electrons. The molecule has 0 bridgehead atoms. The van der Waals surface area contributed by atoms with Gasteiger partial charge in [0, 0.05) is 5.69 Å². The SMILES string of the molecule is CCCCCCCCCCC(CCCCCCC)OC(=O)c1ccccc1N. The normalized spacial score (nSPS) is 12.1. The number of nitrogens with two attached hydrogens (primary N) is 1. The van der Waals surface area contributed by atoms with Gasteiger partial charge in [-0.05, 0) is 37.8 Å². The van der Waals surface area contributed by atoms with Crippen molar-refractivity contribution in [1.82, 2.24) is 0 Å². The third-order valence-electron chi connectivity index (χ3n) is 5.46. The van der Waals surface area contributed by atoms with Crippen LogP contribution < -0.4 is 5.73 Å². The molecule has 1 atom stereocenters. The second kappa shape index (κ2) is 16.4. The summed E-state index contributed by atoms with van der Waals surface area (Å²) in [6, 6.07) is 7.20. The minimum atomic E-state index is -0.267. The van der Waals surface area contributed by atoms with Crippen LogP contribution in [0.2, 0.25) is 0 Å². The molecule has 3 heteroatoms. The highest BCUT2D eigenvalue weighted by molar-refractivity contribution is 5.95. The third-order valence-corrected chi connectivity index (χ3v) is 5.46. The van der Waals surface area contributed by atoms with Crippen molar-refractivity contribution in [3.05, 3.63) is 29.8 Å². The number of esters is 1. The van der Waals surface area contributed by atoms with Gasteiger partial charge in [-0.2, -0.15) is 0 Å². The summed E-state index contributed by atoms with van der Waals surface area (Å²) < 4.78 is 5.86. The number of anilines is 1. The summed E-state index contributed by atoms with van der Waals surface area (Å²) in [6.07, 6.45) is 18.6. The van der Waals surface area contributed by atoms with E-state index in [0.29, 0.717) is 11.3 Å². The van der Waals surface area contributed by atoms with Gasteiger partial charge in [-0.3, -0.25) is 0 Å². The first kappa shape index (κ1) is 24.5. The molecule has 3 nitrogen and oxygen atoms in total. The van der Waals surface area contributed by atoms with Crippen LogP contribution in [-0.4, -0.2) is 12.1 Å². The summed E-state index contributed by atoms with van der Waals surface area (Å²) in [5, 5.41) is 0. The minimum absolute atomic E-state index is 0.0221. The smallest absolute Gasteiger partial charge is 0.340 e. The molecule has 0 amide bonds. The zero-order valence-corrected chi connectivity index (χ0v) is 18.4. The topological polar surface area (TPSA) is 52.3 Å². The van der Waals surface area contributed by atoms with E-state index in [1.807, 2.05) is 12.1 Å². The van der Waals surface area contributed by atoms with E-state index in [2.05, 4.69) is 13.8 Å². The highest BCUT2D eigenvalue weighted by atomic mass is 16.5. The Hall–Kier alpha value is -1.51. The van der Waals surface area contributed by atoms with Crippen molar-refractivity contribution < 1.29 is 9.53 Å². The second-order valence-corrected chi connectivity index (χ2v) is 8.08. The van der Waals surface area contributed by atoms with Gasteiger partial charge in [-0.15, -0.1) is 0 Å². The van der Waals surface area contributed by atoms with E-state index in [0.717, 1.165) is 25.7 Å². The number of hydrogen-bond acceptors (Lipinski definition) is 3. The number of ether oxygens (including phenoxy) is 1. The lowest BCUT2D eigenvalue weighted by atomic mass is 10.0. The van der Waals surface area contributed by atoms with Crippen molar-refractivity contribution in [1.29, 1.82) is 0 Å². The van der Waals surface area contributed by atoms with Crippen LogP contribution in [0.5, 0.6) is 0 Å². The lowest BCUT2D eigenvalue weighted by Crippen LogP contribution is -2.19. The molecule has 0 aliphatic heterocycles. The Morgan fingerprint density at radius 1 is 0.786 bits per heavy atom. The lowest BCUT2D eigenvalue weighted by molar-refractivity contribution is 0.0250. The summed E-state index contributed by atoms with van der Waals surface area (Å²) >= 11 is 0. The molecule has 0 spiro atoms. The summed E-state index contributed by atoms with van der Waals surface area (Å²) in [5.74, 6) is -0.267. The Labute approximate surface area is 173 Å². The number of hydrogen-bond donors (Lipinski definition) is 1. The highest BCUT2D eigenvalue weighted by Crippen LogP contribution is 2.20. The maximum absolute atomic E-state index is 12.5. The van der Waals surface area contributed by atoms with Crippen LogP contribution in [0.25, 0.3) is 0 Å². The summed E-state index contributed by atoms with van der Waals surface area (Å²) in [6.45, 7) is 4.49. The van der Waals surface area contributed by atoms with Gasteiger partial charge in [0.05, 0.1) is 5.56 Å². The van der Waals surface area contributed by atoms with E-state index in [1.165, 1.54) is 70.6 Å². The van der Waals surface area contributed by atoms with E-state index in [9.17, 15) is 4.79 Å². The Morgan fingerprint density at radius 3 is 1.75 bits per heavy atom. The van der Waals surface area contributed by atoms with Gasteiger partial charge >= 0.3 is 5.97 Å². The maximum atomic E-state index is 12.5. The Balaban J connectivity index is 2.38. The Bertz CT molecular complexity index is 515. The Morgan fingerprint density at radius 2 is 1.25 bits per heavy atom. The first-order valence-electron chi connectivity index (χ1n) is 11.7. The molecule has 0 heterocycles. The van der Waals surface area contributed by atoms with Crippen LogP contribution in [0.4, 0.5) is 5.69 Å². The minimum Gasteiger partial charge on any atom is -0.459 e. The lowest BCUT2D eigenvalue weighted by Gasteiger charge is -2.18. The monoisotopic (exact) mass is 389 g/mol. The van der Waals surface area contributed by atoms with E-state index in [-0.39, 0.29) is 12.1 Å². The Kier molecular flexibility index (Phi) is 14.4. The molecule has 0 radical (unpaired) electrons. The van der Waals surface area contributed by atoms with Crippen molar-refractivity contribution in [3.63, 3.8) is 0 Å². The number of unbranched alkanes of at least 4 members (excludes halogenated alkanes) is 11. The molecule has 0 saturated heterocycles. The van der Waals surface area contributed by atoms with Gasteiger partial charge in [-0.25, -0.2) is 4.79 Å². The van der Waals surface area contributed by atoms with Gasteiger partial charge in [0.15, 0.2) is 0 Å². The van der Waals surface area contributed by atoms with Crippen molar-refractivity contribution in [3.8, 4) is 0 Å². The molecule has 0 saturated carbocycles. The van der Waals surface area contributed by atoms with E-state index < -0.39 is 0 Å². The fraction of sp³-hybridized carbons (Fsp3) is 0.720. The maximum Gasteiger partial charge on any atom is 0.340 e. The summed E-state index contributed by atoms with van der Waals surface area (Å²) in [5.41, 5.74) is 6.94. The first-order chi connectivity index (χ1) is 13.7. The van der Waals surface area contributed by atoms with E-state index in [1.54, 1.807) is 12.1 Å². The molecule has 1 rings (SSSR count). The number of nitrogen functional groups attached to an aromatic ring is 1. The molecule has 0 fully saturated rings. The molecule has 0 aliphatic carbocycles. The largest absolute Gasteiger partial charge is 0.459 e. The van der Waals surface area contributed by atoms with Gasteiger partial charge in [0.25, 0.3) is 0 Å². The standard InChI is InChI=1S/C25H43NO2/c1-3-5-7-9-10-11-13-15-19-22(18-14-12-8-6-4-2)28-25(27)23-20-16-17-21-24(23)26/h16-17,20-22H,3-15,18-19,26H2,1-2H3. The van der Waals surface area contributed by atoms with Crippen molar-refractivity contribution in [2.45, 2.75) is 116 Å². The quantitative estimate of drug-likeness (QED) is 0.169. The van der Waals surface area contributed by atoms with Crippen LogP contribution in [-0.2, 0) is 4.74 Å². The number of carbonyl (C=O) groups is 1. The van der Waals surface area contributed by atoms with Gasteiger partial charge < -0.3 is 10.5 Å². The molecule has 0 aliphatic rings. The fourth-order valence-electron chi connectivity index (χ4n) is 3.64. The molecule has 1 aromatic rings. The average molecular weight is 390 g/mol. The van der Waals surface area contributed by atoms with E-state index >= 15 is 0 Å². The van der Waals surface area contributed by atoms with Crippen molar-refractivity contribution >= 4 is 11.7 Å². The number of para-hydroxylation sites is 1. The van der Waals surface area contributed by atoms with Crippen molar-refractivity contribution in [2.24, 2.45) is 0 Å². The molecule has 28 heavy (non-hydrogen) atoms. The zero-order valence-electron chi connectivity index (χ0n) is 18.4. The van der Waals surface area contributed by atoms with E-state index in [4.69, 9.17) is 10.5 Å². The van der Waals surface area contributed by atoms with Crippen LogP contribution in [0.1, 0.15) is 121 Å². The molecule has 2 N–H and O–H groups in total. The summed E-state index contributed by atoms with van der Waals surface area (Å²) in [7, 11) is 0. The number of carbonyl (C=O) groups excluding carboxylic acids is 1. The van der Waals surface area contributed by atoms with Crippen molar-refractivity contribution in [2.75, 3.05) is 5.73 Å². The molecular weight excluding hydrogens is 346 g/mol. The molecule has 0 aromatic heterocycles. The zero-order chi connectivity index (χ0) is 20.5. The van der Waals surface area contributed by atoms with Crippen LogP contribution in [0.15, 0.2) is 24.3 Å². The number of benzene rings is 1. The van der Waals surface area contributed by atoms with Crippen LogP contribution in [0, 0.1) is 0 Å². The molecule has 1 unspecified atom stereocenters. The molecular formula is C25H43NO2. The predicted octanol–water partition coefficient (Wildman–Crippen LogP) is 7.69. The van der Waals surface area contributed by atoms with Crippen LogP contribution >= 0.6 is 0 Å². The molecule has 1 aromatic carbocycles. The van der Waals surface area contributed by atoms with Gasteiger partial charge in [-0.1, -0.05) is 96.6 Å². The van der Waals surface area contributed by atoms with Gasteiger partial charge in [0.2, 0.25) is 0 Å². The summed E-state index contributed by atoms with van der Waals surface area (Å²) in [4.78, 5) is 12.5. The first-order valence-corrected chi connectivity index (χ1v) is 11.7. The second-order valence-electron chi connectivity index (χ2n) is 8.08. The highest BCUT2D eigenvalue weighted by Gasteiger charge is 2.17. The fourth-order valence-corrected chi connectivity index (χ4v) is 3.64. The third kappa shape index (κ3) is 11.4. The van der Waals surface area contributed by atoms with Crippen LogP contribution in [0.3, 0.4) is 0 Å². The number of rotatable bonds is 17. The average Bonchev–Trinajstić information content (AvgIpc) is 2.69. The predicted molar refractivity (Wildman–Crippen MR) is 121 cm³/mol. The van der Waals surface area contributed by atoms with Gasteiger partial charge in [0.1, 0.15) is 6.10 Å².